The van der Waals surface area contributed by atoms with Crippen molar-refractivity contribution in [3.05, 3.63) is 40.4 Å². The summed E-state index contributed by atoms with van der Waals surface area (Å²) in [7, 11) is 0. The molecule has 6 heteroatoms. The van der Waals surface area contributed by atoms with Gasteiger partial charge in [-0.25, -0.2) is 4.98 Å². The van der Waals surface area contributed by atoms with Gasteiger partial charge in [0.15, 0.2) is 0 Å². The Morgan fingerprint density at radius 3 is 2.84 bits per heavy atom. The fourth-order valence-electron chi connectivity index (χ4n) is 2.43. The molecule has 0 radical (unpaired) electrons. The van der Waals surface area contributed by atoms with E-state index in [2.05, 4.69) is 15.3 Å². The van der Waals surface area contributed by atoms with Crippen LogP contribution in [0.4, 0.5) is 0 Å². The minimum absolute atomic E-state index is 0.229. The van der Waals surface area contributed by atoms with Crippen LogP contribution >= 0.6 is 0 Å². The second-order valence-corrected chi connectivity index (χ2v) is 4.79. The van der Waals surface area contributed by atoms with E-state index < -0.39 is 18.1 Å². The molecule has 1 fully saturated rings. The van der Waals surface area contributed by atoms with Crippen molar-refractivity contribution in [2.24, 2.45) is 0 Å². The summed E-state index contributed by atoms with van der Waals surface area (Å²) in [4.78, 5) is 19.0. The van der Waals surface area contributed by atoms with E-state index in [0.717, 1.165) is 0 Å². The van der Waals surface area contributed by atoms with Crippen molar-refractivity contribution in [3.63, 3.8) is 0 Å². The minimum atomic E-state index is -0.925. The van der Waals surface area contributed by atoms with Crippen molar-refractivity contribution in [1.82, 2.24) is 15.3 Å². The van der Waals surface area contributed by atoms with Gasteiger partial charge in [-0.1, -0.05) is 12.1 Å². The van der Waals surface area contributed by atoms with Crippen molar-refractivity contribution in [2.75, 3.05) is 13.1 Å². The first-order valence-electron chi connectivity index (χ1n) is 6.22. The van der Waals surface area contributed by atoms with Crippen molar-refractivity contribution in [1.29, 1.82) is 0 Å². The van der Waals surface area contributed by atoms with Crippen LogP contribution in [0.25, 0.3) is 10.9 Å². The number of nitrogens with zero attached hydrogens (tertiary/aromatic N) is 1. The first kappa shape index (κ1) is 12.3. The van der Waals surface area contributed by atoms with Crippen LogP contribution in [0.3, 0.4) is 0 Å². The van der Waals surface area contributed by atoms with Gasteiger partial charge < -0.3 is 20.5 Å². The standard InChI is InChI=1S/C13H15N3O3/c17-10-6-14-5-8(11(10)18)12-15-9-4-2-1-3-7(9)13(19)16-12/h1-4,8,10-11,14,17-18H,5-6H2,(H,15,16,19)/t8-,10+,11-/m1/s1. The highest BCUT2D eigenvalue weighted by Crippen LogP contribution is 2.21. The Kier molecular flexibility index (Phi) is 3.06. The van der Waals surface area contributed by atoms with Gasteiger partial charge in [0.1, 0.15) is 5.82 Å². The number of fused-ring (bicyclic) bond motifs is 1. The van der Waals surface area contributed by atoms with Crippen molar-refractivity contribution < 1.29 is 10.2 Å². The average molecular weight is 261 g/mol. The van der Waals surface area contributed by atoms with E-state index in [1.165, 1.54) is 0 Å². The Labute approximate surface area is 109 Å². The molecule has 3 rings (SSSR count). The highest BCUT2D eigenvalue weighted by Gasteiger charge is 2.33. The lowest BCUT2D eigenvalue weighted by Gasteiger charge is -2.31. The van der Waals surface area contributed by atoms with Crippen LogP contribution in [-0.4, -0.2) is 45.5 Å². The summed E-state index contributed by atoms with van der Waals surface area (Å²) in [6.07, 6.45) is -1.78. The molecule has 0 unspecified atom stereocenters. The van der Waals surface area contributed by atoms with Gasteiger partial charge in [-0.15, -0.1) is 0 Å². The molecule has 2 aromatic rings. The van der Waals surface area contributed by atoms with E-state index in [4.69, 9.17) is 0 Å². The molecule has 1 aromatic carbocycles. The molecule has 0 amide bonds. The van der Waals surface area contributed by atoms with Crippen LogP contribution in [0, 0.1) is 0 Å². The molecule has 4 N–H and O–H groups in total. The second-order valence-electron chi connectivity index (χ2n) is 4.79. The van der Waals surface area contributed by atoms with E-state index in [9.17, 15) is 15.0 Å². The molecule has 0 spiro atoms. The summed E-state index contributed by atoms with van der Waals surface area (Å²) in [6.45, 7) is 0.814. The number of hydrogen-bond acceptors (Lipinski definition) is 5. The molecule has 2 heterocycles. The number of nitrogens with one attached hydrogen (secondary N) is 2. The van der Waals surface area contributed by atoms with Gasteiger partial charge in [-0.05, 0) is 12.1 Å². The van der Waals surface area contributed by atoms with Crippen molar-refractivity contribution >= 4 is 10.9 Å². The first-order chi connectivity index (χ1) is 9.16. The number of aliphatic hydroxyl groups excluding tert-OH is 2. The van der Waals surface area contributed by atoms with Gasteiger partial charge in [-0.2, -0.15) is 0 Å². The lowest BCUT2D eigenvalue weighted by molar-refractivity contribution is -0.0151. The van der Waals surface area contributed by atoms with Gasteiger partial charge in [-0.3, -0.25) is 4.79 Å². The molecular formula is C13H15N3O3. The van der Waals surface area contributed by atoms with E-state index in [0.29, 0.717) is 29.8 Å². The van der Waals surface area contributed by atoms with Crippen LogP contribution in [0.1, 0.15) is 11.7 Å². The summed E-state index contributed by atoms with van der Waals surface area (Å²) in [6, 6.07) is 7.05. The Balaban J connectivity index is 2.08. The highest BCUT2D eigenvalue weighted by atomic mass is 16.3. The van der Waals surface area contributed by atoms with Gasteiger partial charge in [0.25, 0.3) is 5.56 Å². The normalized spacial score (nSPS) is 27.6. The lowest BCUT2D eigenvalue weighted by Crippen LogP contribution is -2.49. The first-order valence-corrected chi connectivity index (χ1v) is 6.22. The number of aromatic amines is 1. The number of β-amino-alcohol motifs (C(OH)–C–C–N with tert-alkyl or cyclic N) is 1. The predicted octanol–water partition coefficient (Wildman–Crippen LogP) is -0.668. The van der Waals surface area contributed by atoms with Crippen molar-refractivity contribution in [3.8, 4) is 0 Å². The summed E-state index contributed by atoms with van der Waals surface area (Å²) in [5.74, 6) is -0.0106. The molecule has 1 saturated heterocycles. The minimum Gasteiger partial charge on any atom is -0.390 e. The Morgan fingerprint density at radius 2 is 2.00 bits per heavy atom. The zero-order valence-corrected chi connectivity index (χ0v) is 10.2. The number of aromatic nitrogens is 2. The maximum Gasteiger partial charge on any atom is 0.258 e. The third kappa shape index (κ3) is 2.14. The van der Waals surface area contributed by atoms with E-state index in [1.54, 1.807) is 18.2 Å². The summed E-state index contributed by atoms with van der Waals surface area (Å²) >= 11 is 0. The summed E-state index contributed by atoms with van der Waals surface area (Å²) in [5.41, 5.74) is 0.362. The molecule has 1 aliphatic rings. The maximum atomic E-state index is 12.0. The number of para-hydroxylation sites is 1. The number of aliphatic hydroxyl groups is 2. The predicted molar refractivity (Wildman–Crippen MR) is 70.0 cm³/mol. The molecule has 1 aromatic heterocycles. The van der Waals surface area contributed by atoms with Crippen molar-refractivity contribution in [2.45, 2.75) is 18.1 Å². The molecule has 19 heavy (non-hydrogen) atoms. The van der Waals surface area contributed by atoms with Gasteiger partial charge >= 0.3 is 0 Å². The zero-order chi connectivity index (χ0) is 13.4. The second kappa shape index (κ2) is 4.73. The third-order valence-corrected chi connectivity index (χ3v) is 3.51. The molecular weight excluding hydrogens is 246 g/mol. The van der Waals surface area contributed by atoms with Crippen LogP contribution in [0.15, 0.2) is 29.1 Å². The molecule has 1 aliphatic heterocycles. The molecule has 100 valence electrons. The summed E-state index contributed by atoms with van der Waals surface area (Å²) in [5, 5.41) is 23.2. The number of piperidine rings is 1. The highest BCUT2D eigenvalue weighted by molar-refractivity contribution is 5.77. The van der Waals surface area contributed by atoms with E-state index in [-0.39, 0.29) is 5.56 Å². The largest absolute Gasteiger partial charge is 0.390 e. The molecule has 0 saturated carbocycles. The van der Waals surface area contributed by atoms with Gasteiger partial charge in [0.2, 0.25) is 0 Å². The fraction of sp³-hybridized carbons (Fsp3) is 0.385. The Morgan fingerprint density at radius 1 is 1.21 bits per heavy atom. The molecule has 0 bridgehead atoms. The Hall–Kier alpha value is -1.76. The SMILES string of the molecule is O=c1[nH]c([C@@H]2CNC[C@H](O)[C@@H]2O)nc2ccccc12. The number of H-pyrrole nitrogens is 1. The van der Waals surface area contributed by atoms with Crippen LogP contribution in [-0.2, 0) is 0 Å². The number of hydrogen-bond donors (Lipinski definition) is 4. The summed E-state index contributed by atoms with van der Waals surface area (Å²) < 4.78 is 0. The monoisotopic (exact) mass is 261 g/mol. The smallest absolute Gasteiger partial charge is 0.258 e. The van der Waals surface area contributed by atoms with Gasteiger partial charge in [0, 0.05) is 13.1 Å². The molecule has 3 atom stereocenters. The third-order valence-electron chi connectivity index (χ3n) is 3.51. The zero-order valence-electron chi connectivity index (χ0n) is 10.2. The van der Waals surface area contributed by atoms with Crippen LogP contribution in [0.2, 0.25) is 0 Å². The quantitative estimate of drug-likeness (QED) is 0.546. The van der Waals surface area contributed by atoms with Crippen LogP contribution < -0.4 is 10.9 Å². The molecule has 6 nitrogen and oxygen atoms in total. The van der Waals surface area contributed by atoms with Crippen LogP contribution in [0.5, 0.6) is 0 Å². The average Bonchev–Trinajstić information content (AvgIpc) is 2.42. The van der Waals surface area contributed by atoms with Gasteiger partial charge in [0.05, 0.1) is 29.0 Å². The number of rotatable bonds is 1. The van der Waals surface area contributed by atoms with E-state index in [1.807, 2.05) is 6.07 Å². The Bertz CT molecular complexity index is 655. The lowest BCUT2D eigenvalue weighted by atomic mass is 9.93. The topological polar surface area (TPSA) is 98.2 Å². The molecule has 0 aliphatic carbocycles. The number of benzene rings is 1. The fourth-order valence-corrected chi connectivity index (χ4v) is 2.43. The van der Waals surface area contributed by atoms with E-state index >= 15 is 0 Å². The maximum absolute atomic E-state index is 12.0.